The van der Waals surface area contributed by atoms with Crippen molar-refractivity contribution in [3.8, 4) is 5.75 Å². The first kappa shape index (κ1) is 10.1. The number of benzene rings is 1. The van der Waals surface area contributed by atoms with Gasteiger partial charge in [-0.1, -0.05) is 12.1 Å². The molecule has 0 saturated carbocycles. The molecule has 0 aliphatic rings. The van der Waals surface area contributed by atoms with Crippen LogP contribution in [0.15, 0.2) is 24.3 Å². The quantitative estimate of drug-likeness (QED) is 0.540. The van der Waals surface area contributed by atoms with E-state index in [2.05, 4.69) is 0 Å². The SMILES string of the molecule is [O]c1ccccc1C(=O)CCCCl. The molecule has 0 aliphatic heterocycles. The second-order valence-electron chi connectivity index (χ2n) is 2.71. The topological polar surface area (TPSA) is 37.0 Å². The van der Waals surface area contributed by atoms with Gasteiger partial charge in [0.2, 0.25) is 0 Å². The third kappa shape index (κ3) is 2.74. The summed E-state index contributed by atoms with van der Waals surface area (Å²) in [4.78, 5) is 11.4. The van der Waals surface area contributed by atoms with Crippen LogP contribution in [-0.4, -0.2) is 11.7 Å². The van der Waals surface area contributed by atoms with Crippen LogP contribution in [0.5, 0.6) is 5.75 Å². The molecule has 0 unspecified atom stereocenters. The lowest BCUT2D eigenvalue weighted by Gasteiger charge is -1.99. The molecule has 69 valence electrons. The van der Waals surface area contributed by atoms with Gasteiger partial charge in [-0.05, 0) is 18.6 Å². The van der Waals surface area contributed by atoms with E-state index in [4.69, 9.17) is 11.6 Å². The van der Waals surface area contributed by atoms with Crippen LogP contribution < -0.4 is 0 Å². The molecule has 0 spiro atoms. The van der Waals surface area contributed by atoms with E-state index < -0.39 is 0 Å². The van der Waals surface area contributed by atoms with E-state index in [1.54, 1.807) is 18.2 Å². The van der Waals surface area contributed by atoms with Crippen LogP contribution in [0, 0.1) is 0 Å². The molecule has 0 saturated heterocycles. The van der Waals surface area contributed by atoms with Crippen LogP contribution in [0.3, 0.4) is 0 Å². The molecule has 0 aliphatic carbocycles. The third-order valence-corrected chi connectivity index (χ3v) is 1.99. The summed E-state index contributed by atoms with van der Waals surface area (Å²) in [5, 5.41) is 11.2. The summed E-state index contributed by atoms with van der Waals surface area (Å²) in [7, 11) is 0. The molecule has 1 aromatic rings. The van der Waals surface area contributed by atoms with Crippen molar-refractivity contribution in [2.45, 2.75) is 12.8 Å². The van der Waals surface area contributed by atoms with Gasteiger partial charge < -0.3 is 0 Å². The highest BCUT2D eigenvalue weighted by Gasteiger charge is 2.10. The van der Waals surface area contributed by atoms with Crippen molar-refractivity contribution < 1.29 is 9.90 Å². The first-order chi connectivity index (χ1) is 6.25. The van der Waals surface area contributed by atoms with Gasteiger partial charge in [0, 0.05) is 12.3 Å². The average molecular weight is 198 g/mol. The zero-order valence-electron chi connectivity index (χ0n) is 7.13. The van der Waals surface area contributed by atoms with Crippen LogP contribution in [0.25, 0.3) is 0 Å². The molecule has 0 atom stereocenters. The molecule has 0 bridgehead atoms. The van der Waals surface area contributed by atoms with Gasteiger partial charge >= 0.3 is 0 Å². The van der Waals surface area contributed by atoms with Crippen molar-refractivity contribution in [1.82, 2.24) is 0 Å². The van der Waals surface area contributed by atoms with Crippen LogP contribution in [0.2, 0.25) is 0 Å². The molecule has 0 amide bonds. The van der Waals surface area contributed by atoms with Gasteiger partial charge in [-0.15, -0.1) is 11.6 Å². The number of halogens is 1. The minimum absolute atomic E-state index is 0.119. The number of ketones is 1. The highest BCUT2D eigenvalue weighted by atomic mass is 35.5. The summed E-state index contributed by atoms with van der Waals surface area (Å²) in [6.07, 6.45) is 0.970. The Hall–Kier alpha value is -1.02. The van der Waals surface area contributed by atoms with Crippen LogP contribution in [-0.2, 0) is 5.11 Å². The molecule has 0 aromatic heterocycles. The molecule has 1 aromatic carbocycles. The fourth-order valence-electron chi connectivity index (χ4n) is 1.06. The largest absolute Gasteiger partial charge is 0.294 e. The van der Waals surface area contributed by atoms with Crippen LogP contribution in [0.1, 0.15) is 23.2 Å². The Morgan fingerprint density at radius 1 is 1.31 bits per heavy atom. The maximum absolute atomic E-state index is 11.4. The number of Topliss-reactive ketones (excluding diaryl/α,β-unsaturated/α-hetero) is 1. The molecule has 0 heterocycles. The molecule has 13 heavy (non-hydrogen) atoms. The van der Waals surface area contributed by atoms with Crippen molar-refractivity contribution in [1.29, 1.82) is 0 Å². The number of carbonyl (C=O) groups excluding carboxylic acids is 1. The van der Waals surface area contributed by atoms with E-state index >= 15 is 0 Å². The zero-order chi connectivity index (χ0) is 9.68. The fourth-order valence-corrected chi connectivity index (χ4v) is 1.19. The van der Waals surface area contributed by atoms with E-state index in [1.165, 1.54) is 6.07 Å². The van der Waals surface area contributed by atoms with Crippen molar-refractivity contribution in [2.75, 3.05) is 5.88 Å². The lowest BCUT2D eigenvalue weighted by molar-refractivity contribution is 0.0977. The van der Waals surface area contributed by atoms with Crippen LogP contribution >= 0.6 is 11.6 Å². The van der Waals surface area contributed by atoms with Gasteiger partial charge in [0.25, 0.3) is 0 Å². The Kier molecular flexibility index (Phi) is 3.77. The second kappa shape index (κ2) is 4.87. The Morgan fingerprint density at radius 3 is 2.62 bits per heavy atom. The molecular weight excluding hydrogens is 188 g/mol. The van der Waals surface area contributed by atoms with Gasteiger partial charge in [-0.25, -0.2) is 0 Å². The summed E-state index contributed by atoms with van der Waals surface area (Å²) in [6, 6.07) is 6.27. The van der Waals surface area contributed by atoms with Crippen molar-refractivity contribution in [2.24, 2.45) is 0 Å². The third-order valence-electron chi connectivity index (χ3n) is 1.72. The zero-order valence-corrected chi connectivity index (χ0v) is 7.88. The number of hydrogen-bond donors (Lipinski definition) is 0. The van der Waals surface area contributed by atoms with Crippen molar-refractivity contribution in [3.63, 3.8) is 0 Å². The van der Waals surface area contributed by atoms with Crippen molar-refractivity contribution in [3.05, 3.63) is 29.8 Å². The van der Waals surface area contributed by atoms with Gasteiger partial charge in [0.05, 0.1) is 5.56 Å². The van der Waals surface area contributed by atoms with Gasteiger partial charge in [0.1, 0.15) is 0 Å². The first-order valence-corrected chi connectivity index (χ1v) is 4.64. The van der Waals surface area contributed by atoms with Crippen LogP contribution in [0.4, 0.5) is 0 Å². The minimum atomic E-state index is -0.206. The standard InChI is InChI=1S/C10H10ClO2/c11-7-3-6-10(13)8-4-1-2-5-9(8)12/h1-2,4-5H,3,6-7H2. The van der Waals surface area contributed by atoms with E-state index in [-0.39, 0.29) is 17.1 Å². The Balaban J connectivity index is 2.71. The minimum Gasteiger partial charge on any atom is -0.294 e. The Labute approximate surface area is 82.2 Å². The molecule has 0 N–H and O–H groups in total. The molecule has 1 rings (SSSR count). The van der Waals surface area contributed by atoms with E-state index in [9.17, 15) is 9.90 Å². The summed E-state index contributed by atoms with van der Waals surface area (Å²) in [5.74, 6) is 0.126. The number of alkyl halides is 1. The highest BCUT2D eigenvalue weighted by molar-refractivity contribution is 6.18. The van der Waals surface area contributed by atoms with E-state index in [1.807, 2.05) is 0 Å². The first-order valence-electron chi connectivity index (χ1n) is 4.11. The lowest BCUT2D eigenvalue weighted by Crippen LogP contribution is -1.98. The number of hydrogen-bond acceptors (Lipinski definition) is 1. The predicted octanol–water partition coefficient (Wildman–Crippen LogP) is 3.03. The number of rotatable bonds is 4. The van der Waals surface area contributed by atoms with Gasteiger partial charge in [-0.3, -0.25) is 9.90 Å². The lowest BCUT2D eigenvalue weighted by atomic mass is 10.1. The molecule has 3 heteroatoms. The maximum Gasteiger partial charge on any atom is 0.189 e. The van der Waals surface area contributed by atoms with Gasteiger partial charge in [-0.2, -0.15) is 0 Å². The van der Waals surface area contributed by atoms with Gasteiger partial charge in [0.15, 0.2) is 11.5 Å². The second-order valence-corrected chi connectivity index (χ2v) is 3.09. The normalized spacial score (nSPS) is 9.92. The Morgan fingerprint density at radius 2 is 2.00 bits per heavy atom. The maximum atomic E-state index is 11.4. The summed E-state index contributed by atoms with van der Waals surface area (Å²) >= 11 is 5.44. The highest BCUT2D eigenvalue weighted by Crippen LogP contribution is 2.18. The smallest absolute Gasteiger partial charge is 0.189 e. The summed E-state index contributed by atoms with van der Waals surface area (Å²) in [5.41, 5.74) is 0.271. The molecular formula is C10H10ClO2. The predicted molar refractivity (Wildman–Crippen MR) is 50.9 cm³/mol. The summed E-state index contributed by atoms with van der Waals surface area (Å²) in [6.45, 7) is 0. The van der Waals surface area contributed by atoms with E-state index in [0.29, 0.717) is 18.7 Å². The Bertz CT molecular complexity index is 297. The summed E-state index contributed by atoms with van der Waals surface area (Å²) < 4.78 is 0. The fraction of sp³-hybridized carbons (Fsp3) is 0.300. The monoisotopic (exact) mass is 197 g/mol. The van der Waals surface area contributed by atoms with Crippen molar-refractivity contribution >= 4 is 17.4 Å². The van der Waals surface area contributed by atoms with E-state index in [0.717, 1.165) is 0 Å². The number of carbonyl (C=O) groups is 1. The number of para-hydroxylation sites is 1. The molecule has 1 radical (unpaired) electrons. The molecule has 0 fully saturated rings. The molecule has 2 nitrogen and oxygen atoms in total. The average Bonchev–Trinajstić information content (AvgIpc) is 2.15.